The first-order valence-corrected chi connectivity index (χ1v) is 10.1. The Hall–Kier alpha value is -3.66. The van der Waals surface area contributed by atoms with E-state index in [0.29, 0.717) is 10.9 Å². The second-order valence-electron chi connectivity index (χ2n) is 6.76. The fraction of sp³-hybridized carbons (Fsp3) is 0.200. The van der Waals surface area contributed by atoms with Gasteiger partial charge in [0.1, 0.15) is 6.04 Å². The summed E-state index contributed by atoms with van der Waals surface area (Å²) in [6.45, 7) is 5.39. The molecule has 0 aliphatic carbocycles. The molecule has 0 saturated heterocycles. The number of anilines is 1. The molecule has 1 N–H and O–H groups in total. The number of nitrogens with one attached hydrogen (secondary N) is 1. The molecule has 4 heterocycles. The summed E-state index contributed by atoms with van der Waals surface area (Å²) in [5.74, 6) is 0.0789. The topological polar surface area (TPSA) is 108 Å². The van der Waals surface area contributed by atoms with E-state index in [1.807, 2.05) is 37.4 Å². The van der Waals surface area contributed by atoms with Gasteiger partial charge in [0.25, 0.3) is 11.5 Å². The highest BCUT2D eigenvalue weighted by Gasteiger charge is 2.20. The first-order valence-electron chi connectivity index (χ1n) is 9.22. The zero-order valence-electron chi connectivity index (χ0n) is 16.6. The molecule has 10 heteroatoms. The Bertz CT molecular complexity index is 1260. The van der Waals surface area contributed by atoms with Crippen molar-refractivity contribution < 1.29 is 4.79 Å². The fourth-order valence-corrected chi connectivity index (χ4v) is 3.69. The molecule has 9 nitrogen and oxygen atoms in total. The molecule has 30 heavy (non-hydrogen) atoms. The van der Waals surface area contributed by atoms with Gasteiger partial charge in [0.05, 0.1) is 11.4 Å². The summed E-state index contributed by atoms with van der Waals surface area (Å²) in [5.41, 5.74) is 2.92. The largest absolute Gasteiger partial charge is 0.300 e. The minimum atomic E-state index is -0.833. The van der Waals surface area contributed by atoms with Crippen molar-refractivity contribution in [1.82, 2.24) is 29.5 Å². The SMILES string of the molecule is Cc1cc(C)n(-c2ccc(=O)n(C(C)C(=O)Nc3nc(-c4cccnc4)cs3)n2)n1. The van der Waals surface area contributed by atoms with Gasteiger partial charge in [0.15, 0.2) is 10.9 Å². The predicted molar refractivity (Wildman–Crippen MR) is 114 cm³/mol. The van der Waals surface area contributed by atoms with Crippen LogP contribution in [0, 0.1) is 13.8 Å². The van der Waals surface area contributed by atoms with Crippen molar-refractivity contribution in [2.75, 3.05) is 5.32 Å². The van der Waals surface area contributed by atoms with Gasteiger partial charge in [0.2, 0.25) is 0 Å². The lowest BCUT2D eigenvalue weighted by Gasteiger charge is -2.14. The van der Waals surface area contributed by atoms with E-state index in [-0.39, 0.29) is 11.5 Å². The predicted octanol–water partition coefficient (Wildman–Crippen LogP) is 2.76. The molecule has 0 spiro atoms. The number of hydrogen-bond donors (Lipinski definition) is 1. The number of carbonyl (C=O) groups excluding carboxylic acids is 1. The summed E-state index contributed by atoms with van der Waals surface area (Å²) >= 11 is 1.30. The molecule has 0 fully saturated rings. The maximum absolute atomic E-state index is 12.8. The van der Waals surface area contributed by atoms with Crippen LogP contribution in [0.5, 0.6) is 0 Å². The molecule has 0 bridgehead atoms. The molecule has 4 rings (SSSR count). The van der Waals surface area contributed by atoms with Gasteiger partial charge in [-0.25, -0.2) is 14.3 Å². The van der Waals surface area contributed by atoms with Crippen molar-refractivity contribution in [2.45, 2.75) is 26.8 Å². The van der Waals surface area contributed by atoms with Crippen LogP contribution in [0.2, 0.25) is 0 Å². The van der Waals surface area contributed by atoms with E-state index in [4.69, 9.17) is 0 Å². The summed E-state index contributed by atoms with van der Waals surface area (Å²) in [6.07, 6.45) is 3.39. The molecule has 1 amide bonds. The van der Waals surface area contributed by atoms with E-state index in [9.17, 15) is 9.59 Å². The van der Waals surface area contributed by atoms with Crippen LogP contribution in [0.4, 0.5) is 5.13 Å². The summed E-state index contributed by atoms with van der Waals surface area (Å²) in [5, 5.41) is 13.8. The minimum Gasteiger partial charge on any atom is -0.300 e. The van der Waals surface area contributed by atoms with Crippen molar-refractivity contribution in [3.05, 3.63) is 69.8 Å². The van der Waals surface area contributed by atoms with E-state index >= 15 is 0 Å². The number of carbonyl (C=O) groups is 1. The van der Waals surface area contributed by atoms with E-state index in [0.717, 1.165) is 27.3 Å². The molecular formula is C20H19N7O2S. The maximum atomic E-state index is 12.8. The van der Waals surface area contributed by atoms with E-state index in [2.05, 4.69) is 25.5 Å². The molecule has 1 atom stereocenters. The number of thiazole rings is 1. The van der Waals surface area contributed by atoms with Crippen LogP contribution in [0.15, 0.2) is 52.9 Å². The number of rotatable bonds is 5. The van der Waals surface area contributed by atoms with Gasteiger partial charge < -0.3 is 5.32 Å². The van der Waals surface area contributed by atoms with E-state index in [1.54, 1.807) is 30.1 Å². The van der Waals surface area contributed by atoms with Crippen LogP contribution in [-0.4, -0.2) is 35.4 Å². The van der Waals surface area contributed by atoms with Crippen molar-refractivity contribution in [3.63, 3.8) is 0 Å². The average Bonchev–Trinajstić information content (AvgIpc) is 3.34. The second kappa shape index (κ2) is 7.99. The molecule has 152 valence electrons. The third-order valence-electron chi connectivity index (χ3n) is 4.48. The van der Waals surface area contributed by atoms with Crippen molar-refractivity contribution in [1.29, 1.82) is 0 Å². The average molecular weight is 421 g/mol. The molecule has 1 unspecified atom stereocenters. The Labute approximate surface area is 176 Å². The third-order valence-corrected chi connectivity index (χ3v) is 5.23. The van der Waals surface area contributed by atoms with Gasteiger partial charge >= 0.3 is 0 Å². The monoisotopic (exact) mass is 421 g/mol. The Balaban J connectivity index is 1.56. The third kappa shape index (κ3) is 3.90. The number of amides is 1. The normalized spacial score (nSPS) is 12.0. The Morgan fingerprint density at radius 2 is 2.03 bits per heavy atom. The van der Waals surface area contributed by atoms with Crippen LogP contribution in [0.3, 0.4) is 0 Å². The standard InChI is InChI=1S/C20H19N7O2S/c1-12-9-13(2)26(24-12)17-6-7-18(28)27(25-17)14(3)19(29)23-20-22-16(11-30-20)15-5-4-8-21-10-15/h4-11,14H,1-3H3,(H,22,23,29). The van der Waals surface area contributed by atoms with E-state index in [1.165, 1.54) is 17.4 Å². The van der Waals surface area contributed by atoms with Crippen LogP contribution in [0.1, 0.15) is 24.4 Å². The molecule has 4 aromatic heterocycles. The Kier molecular flexibility index (Phi) is 5.23. The number of hydrogen-bond acceptors (Lipinski definition) is 7. The van der Waals surface area contributed by atoms with Crippen LogP contribution in [-0.2, 0) is 4.79 Å². The lowest BCUT2D eigenvalue weighted by Crippen LogP contribution is -2.33. The fourth-order valence-electron chi connectivity index (χ4n) is 2.97. The smallest absolute Gasteiger partial charge is 0.267 e. The summed E-state index contributed by atoms with van der Waals surface area (Å²) in [7, 11) is 0. The van der Waals surface area contributed by atoms with Crippen LogP contribution >= 0.6 is 11.3 Å². The summed E-state index contributed by atoms with van der Waals surface area (Å²) in [6, 6.07) is 7.76. The summed E-state index contributed by atoms with van der Waals surface area (Å²) < 4.78 is 2.79. The van der Waals surface area contributed by atoms with E-state index < -0.39 is 6.04 Å². The highest BCUT2D eigenvalue weighted by molar-refractivity contribution is 7.14. The minimum absolute atomic E-state index is 0.377. The van der Waals surface area contributed by atoms with Gasteiger partial charge in [-0.05, 0) is 45.0 Å². The second-order valence-corrected chi connectivity index (χ2v) is 7.62. The first kappa shape index (κ1) is 19.6. The van der Waals surface area contributed by atoms with Gasteiger partial charge in [0, 0.05) is 35.1 Å². The molecule has 0 aliphatic rings. The van der Waals surface area contributed by atoms with Crippen molar-refractivity contribution >= 4 is 22.4 Å². The van der Waals surface area contributed by atoms with Gasteiger partial charge in [-0.3, -0.25) is 14.6 Å². The quantitative estimate of drug-likeness (QED) is 0.531. The molecule has 4 aromatic rings. The zero-order chi connectivity index (χ0) is 21.3. The lowest BCUT2D eigenvalue weighted by atomic mass is 10.2. The molecular weight excluding hydrogens is 402 g/mol. The maximum Gasteiger partial charge on any atom is 0.267 e. The molecule has 0 saturated carbocycles. The summed E-state index contributed by atoms with van der Waals surface area (Å²) in [4.78, 5) is 33.6. The molecule has 0 aromatic carbocycles. The number of aromatic nitrogens is 6. The lowest BCUT2D eigenvalue weighted by molar-refractivity contribution is -0.119. The van der Waals surface area contributed by atoms with Crippen LogP contribution in [0.25, 0.3) is 17.1 Å². The number of aryl methyl sites for hydroxylation is 2. The molecule has 0 radical (unpaired) electrons. The Morgan fingerprint density at radius 3 is 2.73 bits per heavy atom. The number of pyridine rings is 1. The zero-order valence-corrected chi connectivity index (χ0v) is 17.4. The first-order chi connectivity index (χ1) is 14.4. The van der Waals surface area contributed by atoms with Gasteiger partial charge in [-0.15, -0.1) is 16.4 Å². The van der Waals surface area contributed by atoms with Crippen LogP contribution < -0.4 is 10.9 Å². The van der Waals surface area contributed by atoms with Crippen molar-refractivity contribution in [2.24, 2.45) is 0 Å². The van der Waals surface area contributed by atoms with Gasteiger partial charge in [-0.2, -0.15) is 5.10 Å². The molecule has 0 aliphatic heterocycles. The number of nitrogens with zero attached hydrogens (tertiary/aromatic N) is 6. The highest BCUT2D eigenvalue weighted by Crippen LogP contribution is 2.24. The van der Waals surface area contributed by atoms with Gasteiger partial charge in [-0.1, -0.05) is 0 Å². The Morgan fingerprint density at radius 1 is 1.20 bits per heavy atom. The highest BCUT2D eigenvalue weighted by atomic mass is 32.1. The van der Waals surface area contributed by atoms with Crippen molar-refractivity contribution in [3.8, 4) is 17.1 Å².